The van der Waals surface area contributed by atoms with Gasteiger partial charge in [-0.3, -0.25) is 4.90 Å². The van der Waals surface area contributed by atoms with Gasteiger partial charge < -0.3 is 10.6 Å². The van der Waals surface area contributed by atoms with Crippen molar-refractivity contribution in [2.75, 3.05) is 25.5 Å². The Morgan fingerprint density at radius 3 is 2.89 bits per heavy atom. The minimum absolute atomic E-state index is 0.719. The fraction of sp³-hybridized carbons (Fsp3) is 0.625. The van der Waals surface area contributed by atoms with Crippen LogP contribution in [-0.4, -0.2) is 37.1 Å². The third-order valence-electron chi connectivity index (χ3n) is 4.82. The number of fused-ring (bicyclic) bond motifs is 3. The molecule has 2 heterocycles. The van der Waals surface area contributed by atoms with Gasteiger partial charge in [0.1, 0.15) is 0 Å². The summed E-state index contributed by atoms with van der Waals surface area (Å²) in [4.78, 5) is 2.58. The monoisotopic (exact) mass is 259 g/mol. The lowest BCUT2D eigenvalue weighted by molar-refractivity contribution is 0.230. The van der Waals surface area contributed by atoms with Crippen molar-refractivity contribution in [1.29, 1.82) is 0 Å². The molecule has 0 amide bonds. The normalized spacial score (nSPS) is 28.3. The van der Waals surface area contributed by atoms with Gasteiger partial charge in [0.15, 0.2) is 0 Å². The van der Waals surface area contributed by atoms with Gasteiger partial charge in [0.2, 0.25) is 0 Å². The highest BCUT2D eigenvalue weighted by Gasteiger charge is 2.29. The van der Waals surface area contributed by atoms with Crippen LogP contribution in [0.2, 0.25) is 0 Å². The maximum absolute atomic E-state index is 3.67. The predicted octanol–water partition coefficient (Wildman–Crippen LogP) is 2.36. The number of nitrogens with one attached hydrogen (secondary N) is 2. The number of hydrogen-bond donors (Lipinski definition) is 2. The van der Waals surface area contributed by atoms with Gasteiger partial charge in [-0.1, -0.05) is 18.2 Å². The Morgan fingerprint density at radius 2 is 2.00 bits per heavy atom. The Labute approximate surface area is 116 Å². The van der Waals surface area contributed by atoms with Crippen molar-refractivity contribution in [2.24, 2.45) is 0 Å². The number of benzene rings is 1. The first kappa shape index (κ1) is 12.9. The summed E-state index contributed by atoms with van der Waals surface area (Å²) in [5.74, 6) is 0. The number of anilines is 1. The first-order valence-electron chi connectivity index (χ1n) is 7.50. The van der Waals surface area contributed by atoms with Crippen LogP contribution in [0.4, 0.5) is 5.69 Å². The second-order valence-electron chi connectivity index (χ2n) is 6.01. The van der Waals surface area contributed by atoms with Crippen molar-refractivity contribution in [3.05, 3.63) is 29.3 Å². The zero-order valence-corrected chi connectivity index (χ0v) is 12.1. The van der Waals surface area contributed by atoms with E-state index < -0.39 is 0 Å². The Morgan fingerprint density at radius 1 is 1.16 bits per heavy atom. The van der Waals surface area contributed by atoms with Crippen LogP contribution < -0.4 is 10.6 Å². The molecule has 0 aliphatic carbocycles. The van der Waals surface area contributed by atoms with Crippen LogP contribution in [-0.2, 0) is 6.54 Å². The van der Waals surface area contributed by atoms with Crippen molar-refractivity contribution in [2.45, 2.75) is 44.8 Å². The van der Waals surface area contributed by atoms with E-state index in [-0.39, 0.29) is 0 Å². The second-order valence-corrected chi connectivity index (χ2v) is 6.01. The number of para-hydroxylation sites is 1. The van der Waals surface area contributed by atoms with Gasteiger partial charge in [-0.15, -0.1) is 0 Å². The van der Waals surface area contributed by atoms with Crippen LogP contribution in [0.5, 0.6) is 0 Å². The van der Waals surface area contributed by atoms with Gasteiger partial charge in [0.25, 0.3) is 0 Å². The van der Waals surface area contributed by atoms with E-state index in [4.69, 9.17) is 0 Å². The standard InChI is InChI=1S/C16H25N3/c1-12-4-3-5-13-10-17-11-15-7-6-14(19(15)2)8-9-18-16(12)13/h3-5,14-15,17-18H,6-11H2,1-2H3. The summed E-state index contributed by atoms with van der Waals surface area (Å²) in [6, 6.07) is 8.07. The molecule has 0 saturated carbocycles. The summed E-state index contributed by atoms with van der Waals surface area (Å²) >= 11 is 0. The van der Waals surface area contributed by atoms with Gasteiger partial charge in [-0.2, -0.15) is 0 Å². The zero-order chi connectivity index (χ0) is 13.2. The SMILES string of the molecule is Cc1cccc2c1NCCC1CCC(CNC2)N1C. The number of likely N-dealkylation sites (N-methyl/N-ethyl adjacent to an activating group) is 1. The molecule has 0 radical (unpaired) electrons. The van der Waals surface area contributed by atoms with Crippen molar-refractivity contribution >= 4 is 5.69 Å². The smallest absolute Gasteiger partial charge is 0.0415 e. The molecular formula is C16H25N3. The molecule has 1 saturated heterocycles. The lowest BCUT2D eigenvalue weighted by Gasteiger charge is -2.25. The quantitative estimate of drug-likeness (QED) is 0.749. The molecule has 2 bridgehead atoms. The van der Waals surface area contributed by atoms with E-state index >= 15 is 0 Å². The maximum atomic E-state index is 3.67. The third kappa shape index (κ3) is 2.63. The van der Waals surface area contributed by atoms with Crippen molar-refractivity contribution in [3.8, 4) is 0 Å². The summed E-state index contributed by atoms with van der Waals surface area (Å²) in [5.41, 5.74) is 4.10. The van der Waals surface area contributed by atoms with Crippen molar-refractivity contribution in [3.63, 3.8) is 0 Å². The molecule has 1 aromatic carbocycles. The van der Waals surface area contributed by atoms with Gasteiger partial charge in [0.05, 0.1) is 0 Å². The van der Waals surface area contributed by atoms with E-state index in [9.17, 15) is 0 Å². The van der Waals surface area contributed by atoms with Gasteiger partial charge in [-0.25, -0.2) is 0 Å². The Kier molecular flexibility index (Phi) is 3.76. The lowest BCUT2D eigenvalue weighted by atomic mass is 10.1. The van der Waals surface area contributed by atoms with E-state index in [0.717, 1.165) is 31.7 Å². The molecule has 2 aliphatic rings. The molecule has 2 N–H and O–H groups in total. The number of aryl methyl sites for hydroxylation is 1. The number of rotatable bonds is 0. The minimum Gasteiger partial charge on any atom is -0.385 e. The van der Waals surface area contributed by atoms with E-state index in [1.54, 1.807) is 0 Å². The summed E-state index contributed by atoms with van der Waals surface area (Å²) in [7, 11) is 2.29. The highest BCUT2D eigenvalue weighted by molar-refractivity contribution is 5.57. The van der Waals surface area contributed by atoms with Gasteiger partial charge in [0, 0.05) is 37.4 Å². The molecule has 1 fully saturated rings. The summed E-state index contributed by atoms with van der Waals surface area (Å²) in [6.07, 6.45) is 3.95. The average Bonchev–Trinajstić information content (AvgIpc) is 2.71. The van der Waals surface area contributed by atoms with E-state index in [1.807, 2.05) is 0 Å². The highest BCUT2D eigenvalue weighted by atomic mass is 15.2. The zero-order valence-electron chi connectivity index (χ0n) is 12.1. The first-order valence-corrected chi connectivity index (χ1v) is 7.50. The molecule has 3 nitrogen and oxygen atoms in total. The molecule has 104 valence electrons. The van der Waals surface area contributed by atoms with Crippen LogP contribution in [0.15, 0.2) is 18.2 Å². The van der Waals surface area contributed by atoms with Crippen LogP contribution in [0.25, 0.3) is 0 Å². The van der Waals surface area contributed by atoms with Crippen LogP contribution in [0.3, 0.4) is 0 Å². The molecule has 0 aromatic heterocycles. The molecule has 3 heteroatoms. The Hall–Kier alpha value is -1.06. The highest BCUT2D eigenvalue weighted by Crippen LogP contribution is 2.26. The lowest BCUT2D eigenvalue weighted by Crippen LogP contribution is -2.39. The summed E-state index contributed by atoms with van der Waals surface area (Å²) in [6.45, 7) is 5.36. The fourth-order valence-corrected chi connectivity index (χ4v) is 3.55. The minimum atomic E-state index is 0.719. The Bertz CT molecular complexity index is 444. The van der Waals surface area contributed by atoms with E-state index in [1.165, 1.54) is 36.1 Å². The van der Waals surface area contributed by atoms with Crippen molar-refractivity contribution in [1.82, 2.24) is 10.2 Å². The number of hydrogen-bond acceptors (Lipinski definition) is 3. The van der Waals surface area contributed by atoms with Gasteiger partial charge >= 0.3 is 0 Å². The van der Waals surface area contributed by atoms with E-state index in [2.05, 4.69) is 47.7 Å². The molecule has 2 aliphatic heterocycles. The second kappa shape index (κ2) is 5.51. The maximum Gasteiger partial charge on any atom is 0.0415 e. The molecule has 2 unspecified atom stereocenters. The molecule has 19 heavy (non-hydrogen) atoms. The van der Waals surface area contributed by atoms with Crippen molar-refractivity contribution < 1.29 is 0 Å². The average molecular weight is 259 g/mol. The van der Waals surface area contributed by atoms with E-state index in [0.29, 0.717) is 0 Å². The molecule has 3 rings (SSSR count). The summed E-state index contributed by atoms with van der Waals surface area (Å²) in [5, 5.41) is 7.31. The molecule has 0 spiro atoms. The van der Waals surface area contributed by atoms with Gasteiger partial charge in [-0.05, 0) is 44.4 Å². The van der Waals surface area contributed by atoms with Crippen LogP contribution in [0, 0.1) is 6.92 Å². The predicted molar refractivity (Wildman–Crippen MR) is 80.6 cm³/mol. The summed E-state index contributed by atoms with van der Waals surface area (Å²) < 4.78 is 0. The first-order chi connectivity index (χ1) is 9.25. The molecular weight excluding hydrogens is 234 g/mol. The fourth-order valence-electron chi connectivity index (χ4n) is 3.55. The topological polar surface area (TPSA) is 27.3 Å². The van der Waals surface area contributed by atoms with Crippen LogP contribution in [0.1, 0.15) is 30.4 Å². The molecule has 2 atom stereocenters. The third-order valence-corrected chi connectivity index (χ3v) is 4.82. The largest absolute Gasteiger partial charge is 0.385 e. The Balaban J connectivity index is 1.80. The molecule has 1 aromatic rings. The number of nitrogens with zero attached hydrogens (tertiary/aromatic N) is 1. The van der Waals surface area contributed by atoms with Crippen LogP contribution >= 0.6 is 0 Å².